The molecular weight excluding hydrogens is 314 g/mol. The van der Waals surface area contributed by atoms with Crippen molar-refractivity contribution >= 4 is 11.0 Å². The summed E-state index contributed by atoms with van der Waals surface area (Å²) in [5.74, 6) is 2.00. The third-order valence-corrected chi connectivity index (χ3v) is 5.10. The highest BCUT2D eigenvalue weighted by Gasteiger charge is 2.19. The van der Waals surface area contributed by atoms with Crippen molar-refractivity contribution in [1.29, 1.82) is 0 Å². The molecule has 3 heterocycles. The van der Waals surface area contributed by atoms with E-state index in [9.17, 15) is 0 Å². The van der Waals surface area contributed by atoms with E-state index in [0.717, 1.165) is 62.1 Å². The van der Waals surface area contributed by atoms with E-state index in [2.05, 4.69) is 33.2 Å². The van der Waals surface area contributed by atoms with Crippen molar-refractivity contribution in [2.45, 2.75) is 33.4 Å². The average molecular weight is 339 g/mol. The van der Waals surface area contributed by atoms with Crippen molar-refractivity contribution in [3.05, 3.63) is 53.1 Å². The number of nitrogens with zero attached hydrogens (tertiary/aromatic N) is 3. The summed E-state index contributed by atoms with van der Waals surface area (Å²) >= 11 is 0. The highest BCUT2D eigenvalue weighted by Crippen LogP contribution is 2.21. The molecule has 0 atom stereocenters. The zero-order valence-electron chi connectivity index (χ0n) is 15.0. The fraction of sp³-hybridized carbons (Fsp3) is 0.450. The Morgan fingerprint density at radius 2 is 1.76 bits per heavy atom. The van der Waals surface area contributed by atoms with E-state index in [1.165, 1.54) is 17.4 Å². The van der Waals surface area contributed by atoms with Crippen molar-refractivity contribution in [1.82, 2.24) is 15.0 Å². The van der Waals surface area contributed by atoms with Crippen LogP contribution in [0.15, 0.2) is 39.3 Å². The van der Waals surface area contributed by atoms with Gasteiger partial charge in [0.05, 0.1) is 12.2 Å². The summed E-state index contributed by atoms with van der Waals surface area (Å²) in [7, 11) is 0. The first-order valence-corrected chi connectivity index (χ1v) is 9.03. The molecule has 0 N–H and O–H groups in total. The molecule has 5 nitrogen and oxygen atoms in total. The topological polar surface area (TPSA) is 45.7 Å². The lowest BCUT2D eigenvalue weighted by atomic mass is 10.2. The van der Waals surface area contributed by atoms with Crippen molar-refractivity contribution < 1.29 is 8.94 Å². The molecule has 4 rings (SSSR count). The largest absolute Gasteiger partial charge is 0.460 e. The van der Waals surface area contributed by atoms with Gasteiger partial charge in [0, 0.05) is 30.6 Å². The van der Waals surface area contributed by atoms with Gasteiger partial charge in [-0.05, 0) is 45.5 Å². The standard InChI is InChI=1S/C20H25N3O2/c1-15-19(16(2)25-21-15)14-23-9-5-8-22(10-11-23)13-18-12-17-6-3-4-7-20(17)24-18/h3-4,6-7,12H,5,8-11,13-14H2,1-2H3. The number of hydrogen-bond acceptors (Lipinski definition) is 5. The molecule has 25 heavy (non-hydrogen) atoms. The quantitative estimate of drug-likeness (QED) is 0.724. The van der Waals surface area contributed by atoms with Crippen molar-refractivity contribution in [3.8, 4) is 0 Å². The first kappa shape index (κ1) is 16.4. The number of aryl methyl sites for hydroxylation is 2. The summed E-state index contributed by atoms with van der Waals surface area (Å²) in [5.41, 5.74) is 3.24. The maximum absolute atomic E-state index is 5.98. The lowest BCUT2D eigenvalue weighted by Crippen LogP contribution is -2.30. The monoisotopic (exact) mass is 339 g/mol. The highest BCUT2D eigenvalue weighted by atomic mass is 16.5. The van der Waals surface area contributed by atoms with Crippen molar-refractivity contribution in [2.24, 2.45) is 0 Å². The van der Waals surface area contributed by atoms with Gasteiger partial charge in [-0.3, -0.25) is 9.80 Å². The molecule has 0 spiro atoms. The summed E-state index contributed by atoms with van der Waals surface area (Å²) in [6.45, 7) is 10.2. The maximum Gasteiger partial charge on any atom is 0.138 e. The normalized spacial score (nSPS) is 17.2. The molecule has 1 aliphatic heterocycles. The molecule has 0 radical (unpaired) electrons. The summed E-state index contributed by atoms with van der Waals surface area (Å²) in [4.78, 5) is 5.00. The first-order valence-electron chi connectivity index (χ1n) is 9.03. The number of benzene rings is 1. The molecule has 3 aromatic rings. The van der Waals surface area contributed by atoms with Crippen LogP contribution in [0, 0.1) is 13.8 Å². The molecule has 0 saturated carbocycles. The van der Waals surface area contributed by atoms with E-state index in [1.807, 2.05) is 26.0 Å². The number of aromatic nitrogens is 1. The molecule has 1 saturated heterocycles. The second kappa shape index (κ2) is 7.02. The van der Waals surface area contributed by atoms with Crippen LogP contribution in [0.5, 0.6) is 0 Å². The van der Waals surface area contributed by atoms with Crippen LogP contribution in [0.3, 0.4) is 0 Å². The van der Waals surface area contributed by atoms with Gasteiger partial charge in [0.15, 0.2) is 0 Å². The highest BCUT2D eigenvalue weighted by molar-refractivity contribution is 5.77. The summed E-state index contributed by atoms with van der Waals surface area (Å²) < 4.78 is 11.3. The Morgan fingerprint density at radius 1 is 1.00 bits per heavy atom. The van der Waals surface area contributed by atoms with Gasteiger partial charge in [-0.1, -0.05) is 23.4 Å². The van der Waals surface area contributed by atoms with E-state index in [1.54, 1.807) is 0 Å². The number of hydrogen-bond donors (Lipinski definition) is 0. The van der Waals surface area contributed by atoms with Crippen LogP contribution in [-0.4, -0.2) is 41.1 Å². The van der Waals surface area contributed by atoms with Gasteiger partial charge >= 0.3 is 0 Å². The first-order chi connectivity index (χ1) is 12.2. The van der Waals surface area contributed by atoms with E-state index in [-0.39, 0.29) is 0 Å². The molecule has 0 bridgehead atoms. The number of fused-ring (bicyclic) bond motifs is 1. The molecule has 1 fully saturated rings. The third kappa shape index (κ3) is 3.62. The summed E-state index contributed by atoms with van der Waals surface area (Å²) in [6, 6.07) is 10.4. The average Bonchev–Trinajstić information content (AvgIpc) is 3.06. The number of rotatable bonds is 4. The fourth-order valence-electron chi connectivity index (χ4n) is 3.63. The molecule has 0 aliphatic carbocycles. The van der Waals surface area contributed by atoms with Gasteiger partial charge in [-0.2, -0.15) is 0 Å². The van der Waals surface area contributed by atoms with Gasteiger partial charge < -0.3 is 8.94 Å². The van der Waals surface area contributed by atoms with E-state index in [0.29, 0.717) is 0 Å². The van der Waals surface area contributed by atoms with Crippen LogP contribution in [0.25, 0.3) is 11.0 Å². The zero-order chi connectivity index (χ0) is 17.2. The predicted molar refractivity (Wildman–Crippen MR) is 97.4 cm³/mol. The molecule has 1 aliphatic rings. The van der Waals surface area contributed by atoms with Gasteiger partial charge in [0.2, 0.25) is 0 Å². The Labute approximate surface area is 148 Å². The maximum atomic E-state index is 5.98. The molecule has 2 aromatic heterocycles. The SMILES string of the molecule is Cc1noc(C)c1CN1CCCN(Cc2cc3ccccc3o2)CC1. The Hall–Kier alpha value is -2.11. The van der Waals surface area contributed by atoms with Crippen LogP contribution in [-0.2, 0) is 13.1 Å². The Bertz CT molecular complexity index is 799. The molecule has 5 heteroatoms. The minimum Gasteiger partial charge on any atom is -0.460 e. The zero-order valence-corrected chi connectivity index (χ0v) is 15.0. The molecular formula is C20H25N3O2. The lowest BCUT2D eigenvalue weighted by molar-refractivity contribution is 0.235. The van der Waals surface area contributed by atoms with Crippen LogP contribution >= 0.6 is 0 Å². The van der Waals surface area contributed by atoms with Crippen LogP contribution < -0.4 is 0 Å². The van der Waals surface area contributed by atoms with Crippen molar-refractivity contribution in [2.75, 3.05) is 26.2 Å². The predicted octanol–water partition coefficient (Wildman–Crippen LogP) is 3.75. The molecule has 0 amide bonds. The van der Waals surface area contributed by atoms with E-state index < -0.39 is 0 Å². The van der Waals surface area contributed by atoms with Crippen molar-refractivity contribution in [3.63, 3.8) is 0 Å². The third-order valence-electron chi connectivity index (χ3n) is 5.10. The Morgan fingerprint density at radius 3 is 2.48 bits per heavy atom. The smallest absolute Gasteiger partial charge is 0.138 e. The van der Waals surface area contributed by atoms with E-state index in [4.69, 9.17) is 8.94 Å². The number of para-hydroxylation sites is 1. The summed E-state index contributed by atoms with van der Waals surface area (Å²) in [6.07, 6.45) is 1.17. The molecule has 132 valence electrons. The van der Waals surface area contributed by atoms with Gasteiger partial charge in [-0.25, -0.2) is 0 Å². The van der Waals surface area contributed by atoms with E-state index >= 15 is 0 Å². The minimum absolute atomic E-state index is 0.883. The second-order valence-electron chi connectivity index (χ2n) is 6.96. The minimum atomic E-state index is 0.883. The second-order valence-corrected chi connectivity index (χ2v) is 6.96. The van der Waals surface area contributed by atoms with Crippen LogP contribution in [0.1, 0.15) is 29.2 Å². The molecule has 1 aromatic carbocycles. The van der Waals surface area contributed by atoms with Crippen LogP contribution in [0.2, 0.25) is 0 Å². The summed E-state index contributed by atoms with van der Waals surface area (Å²) in [5, 5.41) is 5.26. The van der Waals surface area contributed by atoms with Gasteiger partial charge in [0.25, 0.3) is 0 Å². The Kier molecular flexibility index (Phi) is 4.59. The van der Waals surface area contributed by atoms with Gasteiger partial charge in [0.1, 0.15) is 17.1 Å². The van der Waals surface area contributed by atoms with Crippen LogP contribution in [0.4, 0.5) is 0 Å². The Balaban J connectivity index is 1.38. The lowest BCUT2D eigenvalue weighted by Gasteiger charge is -2.21. The van der Waals surface area contributed by atoms with Gasteiger partial charge in [-0.15, -0.1) is 0 Å². The number of furan rings is 1. The fourth-order valence-corrected chi connectivity index (χ4v) is 3.63. The molecule has 0 unspecified atom stereocenters.